The van der Waals surface area contributed by atoms with Gasteiger partial charge in [0.2, 0.25) is 0 Å². The third-order valence-electron chi connectivity index (χ3n) is 5.18. The molecule has 0 spiro atoms. The summed E-state index contributed by atoms with van der Waals surface area (Å²) in [5.41, 5.74) is 7.47. The summed E-state index contributed by atoms with van der Waals surface area (Å²) in [6.07, 6.45) is 1.55. The van der Waals surface area contributed by atoms with Gasteiger partial charge in [-0.15, -0.1) is 0 Å². The van der Waals surface area contributed by atoms with E-state index in [0.29, 0.717) is 6.42 Å². The Kier molecular flexibility index (Phi) is 5.93. The maximum Gasteiger partial charge on any atom is 0.416 e. The van der Waals surface area contributed by atoms with Crippen molar-refractivity contribution in [3.8, 4) is 10.4 Å². The first kappa shape index (κ1) is 21.3. The molecule has 3 N–H and O–H groups in total. The predicted molar refractivity (Wildman–Crippen MR) is 119 cm³/mol. The first-order valence-electron chi connectivity index (χ1n) is 9.78. The number of benzene rings is 2. The topological polar surface area (TPSA) is 63.8 Å². The Morgan fingerprint density at radius 2 is 1.81 bits per heavy atom. The summed E-state index contributed by atoms with van der Waals surface area (Å²) < 4.78 is 38.1. The summed E-state index contributed by atoms with van der Waals surface area (Å²) in [4.78, 5) is 9.62. The first-order valence-corrected chi connectivity index (χ1v) is 10.6. The van der Waals surface area contributed by atoms with Crippen molar-refractivity contribution in [2.45, 2.75) is 31.6 Å². The number of thiazole rings is 1. The summed E-state index contributed by atoms with van der Waals surface area (Å²) in [6.45, 7) is 1.94. The molecule has 0 saturated heterocycles. The standard InChI is InChI=1S/C23H21F3N4S/c1-14(20(27)10-15-2-6-19(7-3-15)23(24,25)26)30-22-29-13-21(31-22)17-4-5-18-12-28-9-8-16(18)11-17/h2-9,11-14,20H,10,27H2,1H3,(H,29,30)/t14-,20+/m0/s1. The zero-order valence-corrected chi connectivity index (χ0v) is 17.5. The number of rotatable bonds is 6. The van der Waals surface area contributed by atoms with Crippen LogP contribution in [0.25, 0.3) is 21.2 Å². The molecule has 0 amide bonds. The minimum atomic E-state index is -4.33. The van der Waals surface area contributed by atoms with E-state index in [1.165, 1.54) is 23.5 Å². The molecular formula is C23H21F3N4S. The van der Waals surface area contributed by atoms with Crippen LogP contribution < -0.4 is 11.1 Å². The molecule has 0 aliphatic heterocycles. The van der Waals surface area contributed by atoms with Crippen LogP contribution in [0.2, 0.25) is 0 Å². The van der Waals surface area contributed by atoms with Crippen LogP contribution in [-0.2, 0) is 12.6 Å². The van der Waals surface area contributed by atoms with Gasteiger partial charge >= 0.3 is 6.18 Å². The van der Waals surface area contributed by atoms with Gasteiger partial charge in [-0.05, 0) is 54.1 Å². The van der Waals surface area contributed by atoms with E-state index >= 15 is 0 Å². The number of alkyl halides is 3. The highest BCUT2D eigenvalue weighted by atomic mass is 32.1. The summed E-state index contributed by atoms with van der Waals surface area (Å²) >= 11 is 1.53. The lowest BCUT2D eigenvalue weighted by atomic mass is 10.0. The van der Waals surface area contributed by atoms with Crippen LogP contribution in [0, 0.1) is 0 Å². The van der Waals surface area contributed by atoms with Gasteiger partial charge in [0.15, 0.2) is 5.13 Å². The van der Waals surface area contributed by atoms with Gasteiger partial charge < -0.3 is 11.1 Å². The van der Waals surface area contributed by atoms with Crippen molar-refractivity contribution in [2.75, 3.05) is 5.32 Å². The van der Waals surface area contributed by atoms with Gasteiger partial charge in [-0.1, -0.05) is 35.6 Å². The van der Waals surface area contributed by atoms with Gasteiger partial charge in [0.1, 0.15) is 0 Å². The molecule has 0 bridgehead atoms. The number of nitrogens with zero attached hydrogens (tertiary/aromatic N) is 2. The highest BCUT2D eigenvalue weighted by Gasteiger charge is 2.30. The molecule has 2 aromatic carbocycles. The molecule has 160 valence electrons. The number of nitrogens with one attached hydrogen (secondary N) is 1. The van der Waals surface area contributed by atoms with E-state index in [9.17, 15) is 13.2 Å². The van der Waals surface area contributed by atoms with Crippen molar-refractivity contribution in [1.82, 2.24) is 9.97 Å². The van der Waals surface area contributed by atoms with Gasteiger partial charge in [0.25, 0.3) is 0 Å². The minimum absolute atomic E-state index is 0.107. The Labute approximate surface area is 182 Å². The third kappa shape index (κ3) is 5.03. The van der Waals surface area contributed by atoms with Crippen LogP contribution >= 0.6 is 11.3 Å². The molecule has 0 saturated carbocycles. The predicted octanol–water partition coefficient (Wildman–Crippen LogP) is 5.75. The molecule has 0 aliphatic carbocycles. The first-order chi connectivity index (χ1) is 14.8. The summed E-state index contributed by atoms with van der Waals surface area (Å²) in [6, 6.07) is 12.9. The molecule has 0 fully saturated rings. The van der Waals surface area contributed by atoms with Gasteiger partial charge in [-0.2, -0.15) is 13.2 Å². The van der Waals surface area contributed by atoms with Crippen LogP contribution in [0.3, 0.4) is 0 Å². The van der Waals surface area contributed by atoms with Crippen molar-refractivity contribution in [3.63, 3.8) is 0 Å². The molecule has 4 rings (SSSR count). The van der Waals surface area contributed by atoms with Gasteiger partial charge in [0, 0.05) is 36.1 Å². The Morgan fingerprint density at radius 1 is 1.03 bits per heavy atom. The van der Waals surface area contributed by atoms with Gasteiger partial charge in [0.05, 0.1) is 10.4 Å². The summed E-state index contributed by atoms with van der Waals surface area (Å²) in [5, 5.41) is 6.26. The van der Waals surface area contributed by atoms with Crippen molar-refractivity contribution >= 4 is 27.2 Å². The normalized spacial score (nSPS) is 13.8. The maximum atomic E-state index is 12.7. The van der Waals surface area contributed by atoms with E-state index in [4.69, 9.17) is 5.73 Å². The molecular weight excluding hydrogens is 421 g/mol. The molecule has 2 aromatic heterocycles. The van der Waals surface area contributed by atoms with E-state index in [1.54, 1.807) is 6.20 Å². The Bertz CT molecular complexity index is 1170. The highest BCUT2D eigenvalue weighted by Crippen LogP contribution is 2.32. The fourth-order valence-corrected chi connectivity index (χ4v) is 4.20. The number of halogens is 3. The van der Waals surface area contributed by atoms with E-state index in [1.807, 2.05) is 37.5 Å². The number of pyridine rings is 1. The van der Waals surface area contributed by atoms with Crippen LogP contribution in [0.1, 0.15) is 18.1 Å². The monoisotopic (exact) mass is 442 g/mol. The quantitative estimate of drug-likeness (QED) is 0.399. The molecule has 8 heteroatoms. The minimum Gasteiger partial charge on any atom is -0.357 e. The number of hydrogen-bond donors (Lipinski definition) is 2. The molecule has 2 atom stereocenters. The van der Waals surface area contributed by atoms with Crippen LogP contribution in [0.4, 0.5) is 18.3 Å². The fourth-order valence-electron chi connectivity index (χ4n) is 3.29. The van der Waals surface area contributed by atoms with Gasteiger partial charge in [-0.25, -0.2) is 4.98 Å². The van der Waals surface area contributed by atoms with Crippen molar-refractivity contribution in [3.05, 3.63) is 78.2 Å². The molecule has 0 radical (unpaired) electrons. The third-order valence-corrected chi connectivity index (χ3v) is 6.15. The highest BCUT2D eigenvalue weighted by molar-refractivity contribution is 7.18. The lowest BCUT2D eigenvalue weighted by Gasteiger charge is -2.21. The second-order valence-electron chi connectivity index (χ2n) is 7.46. The van der Waals surface area contributed by atoms with E-state index in [-0.39, 0.29) is 12.1 Å². The average molecular weight is 443 g/mol. The van der Waals surface area contributed by atoms with Crippen LogP contribution in [0.15, 0.2) is 67.1 Å². The van der Waals surface area contributed by atoms with Gasteiger partial charge in [-0.3, -0.25) is 4.98 Å². The second-order valence-corrected chi connectivity index (χ2v) is 8.49. The largest absolute Gasteiger partial charge is 0.416 e. The van der Waals surface area contributed by atoms with Crippen LogP contribution in [-0.4, -0.2) is 22.1 Å². The molecule has 0 unspecified atom stereocenters. The smallest absolute Gasteiger partial charge is 0.357 e. The summed E-state index contributed by atoms with van der Waals surface area (Å²) in [5.74, 6) is 0. The lowest BCUT2D eigenvalue weighted by molar-refractivity contribution is -0.137. The Balaban J connectivity index is 1.40. The Hall–Kier alpha value is -2.97. The maximum absolute atomic E-state index is 12.7. The lowest BCUT2D eigenvalue weighted by Crippen LogP contribution is -2.39. The number of aromatic nitrogens is 2. The molecule has 0 aliphatic rings. The molecule has 4 nitrogen and oxygen atoms in total. The number of anilines is 1. The fraction of sp³-hybridized carbons (Fsp3) is 0.217. The SMILES string of the molecule is C[C@H](Nc1ncc(-c2ccc3cnccc3c2)s1)[C@H](N)Cc1ccc(C(F)(F)F)cc1. The van der Waals surface area contributed by atoms with Crippen molar-refractivity contribution in [2.24, 2.45) is 5.73 Å². The van der Waals surface area contributed by atoms with E-state index < -0.39 is 11.7 Å². The van der Waals surface area contributed by atoms with E-state index in [2.05, 4.69) is 21.4 Å². The van der Waals surface area contributed by atoms with E-state index in [0.717, 1.165) is 44.0 Å². The van der Waals surface area contributed by atoms with Crippen LogP contribution in [0.5, 0.6) is 0 Å². The zero-order valence-electron chi connectivity index (χ0n) is 16.7. The Morgan fingerprint density at radius 3 is 2.55 bits per heavy atom. The molecule has 4 aromatic rings. The molecule has 2 heterocycles. The second kappa shape index (κ2) is 8.64. The number of fused-ring (bicyclic) bond motifs is 1. The molecule has 31 heavy (non-hydrogen) atoms. The zero-order chi connectivity index (χ0) is 22.0. The van der Waals surface area contributed by atoms with Crippen molar-refractivity contribution < 1.29 is 13.2 Å². The summed E-state index contributed by atoms with van der Waals surface area (Å²) in [7, 11) is 0. The average Bonchev–Trinajstić information content (AvgIpc) is 3.21. The number of nitrogens with two attached hydrogens (primary N) is 1. The van der Waals surface area contributed by atoms with Crippen molar-refractivity contribution in [1.29, 1.82) is 0 Å². The number of hydrogen-bond acceptors (Lipinski definition) is 5.